The number of nitrogens with one attached hydrogen (secondary N) is 1. The molecule has 4 aromatic rings. The number of H-pyrrole nitrogens is 1. The topological polar surface area (TPSA) is 72.9 Å². The summed E-state index contributed by atoms with van der Waals surface area (Å²) < 4.78 is 25.2. The zero-order valence-corrected chi connectivity index (χ0v) is 17.9. The molecule has 8 heteroatoms. The molecule has 1 N–H and O–H groups in total. The van der Waals surface area contributed by atoms with Gasteiger partial charge in [0.05, 0.1) is 7.11 Å². The fourth-order valence-electron chi connectivity index (χ4n) is 3.00. The Labute approximate surface area is 181 Å². The van der Waals surface area contributed by atoms with Crippen molar-refractivity contribution in [2.75, 3.05) is 7.11 Å². The molecule has 0 fully saturated rings. The van der Waals surface area contributed by atoms with Crippen LogP contribution in [0.5, 0.6) is 11.5 Å². The molecular formula is C22H18BrFN4O2. The van der Waals surface area contributed by atoms with Crippen LogP contribution in [0.3, 0.4) is 0 Å². The SMILES string of the molecule is COc1cc(OCc2cncc(C)c2)ccc1-c1nc(-c2ccc(F)nc2)[nH]c1Br. The fourth-order valence-corrected chi connectivity index (χ4v) is 3.49. The van der Waals surface area contributed by atoms with Gasteiger partial charge in [0.15, 0.2) is 0 Å². The van der Waals surface area contributed by atoms with Crippen molar-refractivity contribution in [3.8, 4) is 34.1 Å². The Balaban J connectivity index is 1.59. The van der Waals surface area contributed by atoms with Gasteiger partial charge < -0.3 is 14.5 Å². The maximum atomic E-state index is 13.1. The molecule has 0 atom stereocenters. The van der Waals surface area contributed by atoms with E-state index in [-0.39, 0.29) is 0 Å². The minimum absolute atomic E-state index is 0.408. The van der Waals surface area contributed by atoms with E-state index in [1.165, 1.54) is 12.3 Å². The molecule has 0 saturated carbocycles. The van der Waals surface area contributed by atoms with Crippen LogP contribution in [0.25, 0.3) is 22.6 Å². The Bertz CT molecular complexity index is 1180. The van der Waals surface area contributed by atoms with Crippen LogP contribution in [0.2, 0.25) is 0 Å². The molecule has 3 heterocycles. The number of hydrogen-bond donors (Lipinski definition) is 1. The second-order valence-electron chi connectivity index (χ2n) is 6.64. The minimum atomic E-state index is -0.539. The van der Waals surface area contributed by atoms with Crippen molar-refractivity contribution in [3.63, 3.8) is 0 Å². The molecule has 1 aromatic carbocycles. The fraction of sp³-hybridized carbons (Fsp3) is 0.136. The number of methoxy groups -OCH3 is 1. The van der Waals surface area contributed by atoms with Gasteiger partial charge in [0.1, 0.15) is 34.2 Å². The van der Waals surface area contributed by atoms with Gasteiger partial charge in [-0.15, -0.1) is 0 Å². The van der Waals surface area contributed by atoms with E-state index in [9.17, 15) is 4.39 Å². The molecule has 6 nitrogen and oxygen atoms in total. The summed E-state index contributed by atoms with van der Waals surface area (Å²) in [4.78, 5) is 15.6. The number of aromatic nitrogens is 4. The van der Waals surface area contributed by atoms with Crippen LogP contribution in [0.1, 0.15) is 11.1 Å². The van der Waals surface area contributed by atoms with Gasteiger partial charge in [0.25, 0.3) is 0 Å². The van der Waals surface area contributed by atoms with Gasteiger partial charge in [-0.1, -0.05) is 0 Å². The number of hydrogen-bond acceptors (Lipinski definition) is 5. The normalized spacial score (nSPS) is 10.8. The van der Waals surface area contributed by atoms with E-state index >= 15 is 0 Å². The van der Waals surface area contributed by atoms with Crippen LogP contribution in [0, 0.1) is 12.9 Å². The van der Waals surface area contributed by atoms with Gasteiger partial charge in [-0.05, 0) is 58.7 Å². The molecular weight excluding hydrogens is 451 g/mol. The Morgan fingerprint density at radius 3 is 2.70 bits per heavy atom. The Morgan fingerprint density at radius 1 is 1.10 bits per heavy atom. The van der Waals surface area contributed by atoms with Crippen molar-refractivity contribution in [1.82, 2.24) is 19.9 Å². The highest BCUT2D eigenvalue weighted by Gasteiger charge is 2.17. The molecule has 0 amide bonds. The van der Waals surface area contributed by atoms with Crippen LogP contribution in [-0.2, 0) is 6.61 Å². The van der Waals surface area contributed by atoms with Crippen molar-refractivity contribution >= 4 is 15.9 Å². The highest BCUT2D eigenvalue weighted by atomic mass is 79.9. The Morgan fingerprint density at radius 2 is 1.97 bits per heavy atom. The molecule has 0 saturated heterocycles. The van der Waals surface area contributed by atoms with E-state index in [1.54, 1.807) is 25.6 Å². The summed E-state index contributed by atoms with van der Waals surface area (Å²) in [6.07, 6.45) is 5.02. The van der Waals surface area contributed by atoms with Crippen LogP contribution in [0.15, 0.2) is 59.6 Å². The van der Waals surface area contributed by atoms with Crippen molar-refractivity contribution in [2.24, 2.45) is 0 Å². The summed E-state index contributed by atoms with van der Waals surface area (Å²) in [5, 5.41) is 0. The van der Waals surface area contributed by atoms with Gasteiger partial charge >= 0.3 is 0 Å². The predicted molar refractivity (Wildman–Crippen MR) is 115 cm³/mol. The lowest BCUT2D eigenvalue weighted by atomic mass is 10.1. The second kappa shape index (κ2) is 8.62. The van der Waals surface area contributed by atoms with Crippen LogP contribution in [-0.4, -0.2) is 27.0 Å². The quantitative estimate of drug-likeness (QED) is 0.387. The Hall–Kier alpha value is -3.26. The van der Waals surface area contributed by atoms with E-state index in [0.29, 0.717) is 39.8 Å². The van der Waals surface area contributed by atoms with E-state index < -0.39 is 5.95 Å². The summed E-state index contributed by atoms with van der Waals surface area (Å²) in [6.45, 7) is 2.40. The van der Waals surface area contributed by atoms with Gasteiger partial charge in [0.2, 0.25) is 5.95 Å². The van der Waals surface area contributed by atoms with E-state index in [0.717, 1.165) is 16.7 Å². The predicted octanol–water partition coefficient (Wildman–Crippen LogP) is 5.33. The molecule has 30 heavy (non-hydrogen) atoms. The molecule has 0 aliphatic rings. The van der Waals surface area contributed by atoms with Crippen LogP contribution >= 0.6 is 15.9 Å². The van der Waals surface area contributed by atoms with E-state index in [2.05, 4.69) is 35.9 Å². The number of aryl methyl sites for hydroxylation is 1. The zero-order chi connectivity index (χ0) is 21.1. The summed E-state index contributed by atoms with van der Waals surface area (Å²) in [6, 6.07) is 10.5. The molecule has 0 aliphatic carbocycles. The number of aromatic amines is 1. The zero-order valence-electron chi connectivity index (χ0n) is 16.3. The third kappa shape index (κ3) is 4.33. The maximum absolute atomic E-state index is 13.1. The van der Waals surface area contributed by atoms with Crippen molar-refractivity contribution in [3.05, 3.63) is 76.7 Å². The number of pyridine rings is 2. The summed E-state index contributed by atoms with van der Waals surface area (Å²) in [7, 11) is 1.60. The molecule has 0 bridgehead atoms. The standard InChI is InChI=1S/C22H18BrFN4O2/c1-13-7-14(10-25-9-13)12-30-16-4-5-17(18(8-16)29-2)20-21(23)28-22(27-20)15-3-6-19(24)26-11-15/h3-11H,12H2,1-2H3,(H,27,28). The van der Waals surface area contributed by atoms with E-state index in [4.69, 9.17) is 9.47 Å². The van der Waals surface area contributed by atoms with Gasteiger partial charge in [-0.3, -0.25) is 4.98 Å². The Kier molecular flexibility index (Phi) is 5.76. The van der Waals surface area contributed by atoms with Crippen LogP contribution < -0.4 is 9.47 Å². The lowest BCUT2D eigenvalue weighted by molar-refractivity contribution is 0.303. The number of imidazole rings is 1. The monoisotopic (exact) mass is 468 g/mol. The number of nitrogens with zero attached hydrogens (tertiary/aromatic N) is 3. The van der Waals surface area contributed by atoms with Gasteiger partial charge in [-0.2, -0.15) is 4.39 Å². The largest absolute Gasteiger partial charge is 0.496 e. The highest BCUT2D eigenvalue weighted by molar-refractivity contribution is 9.10. The lowest BCUT2D eigenvalue weighted by Gasteiger charge is -2.11. The number of ether oxygens (including phenoxy) is 2. The number of rotatable bonds is 6. The first-order chi connectivity index (χ1) is 14.5. The first-order valence-corrected chi connectivity index (χ1v) is 9.92. The highest BCUT2D eigenvalue weighted by Crippen LogP contribution is 2.37. The molecule has 0 aliphatic heterocycles. The third-order valence-corrected chi connectivity index (χ3v) is 5.00. The molecule has 0 radical (unpaired) electrons. The van der Waals surface area contributed by atoms with Crippen LogP contribution in [0.4, 0.5) is 4.39 Å². The summed E-state index contributed by atoms with van der Waals surface area (Å²) in [5.41, 5.74) is 4.20. The number of benzene rings is 1. The maximum Gasteiger partial charge on any atom is 0.212 e. The van der Waals surface area contributed by atoms with Gasteiger partial charge in [0, 0.05) is 41.3 Å². The number of halogens is 2. The first-order valence-electron chi connectivity index (χ1n) is 9.12. The summed E-state index contributed by atoms with van der Waals surface area (Å²) in [5.74, 6) is 1.32. The van der Waals surface area contributed by atoms with Crippen molar-refractivity contribution in [2.45, 2.75) is 13.5 Å². The molecule has 152 valence electrons. The summed E-state index contributed by atoms with van der Waals surface area (Å²) >= 11 is 3.51. The second-order valence-corrected chi connectivity index (χ2v) is 7.43. The lowest BCUT2D eigenvalue weighted by Crippen LogP contribution is -1.98. The smallest absolute Gasteiger partial charge is 0.212 e. The molecule has 3 aromatic heterocycles. The average molecular weight is 469 g/mol. The average Bonchev–Trinajstić information content (AvgIpc) is 3.14. The minimum Gasteiger partial charge on any atom is -0.496 e. The first kappa shape index (κ1) is 20.0. The van der Waals surface area contributed by atoms with E-state index in [1.807, 2.05) is 31.2 Å². The van der Waals surface area contributed by atoms with Gasteiger partial charge in [-0.25, -0.2) is 9.97 Å². The van der Waals surface area contributed by atoms with Crippen molar-refractivity contribution in [1.29, 1.82) is 0 Å². The van der Waals surface area contributed by atoms with Crippen molar-refractivity contribution < 1.29 is 13.9 Å². The molecule has 0 unspecified atom stereocenters. The molecule has 0 spiro atoms. The molecule has 4 rings (SSSR count). The third-order valence-electron chi connectivity index (χ3n) is 4.43.